The SMILES string of the molecule is CC(C)NCC(=O)NCc1cccc2c1C(=O)N(C1CCC(=O)NC1=O)C2=O. The topological polar surface area (TPSA) is 125 Å². The zero-order chi connectivity index (χ0) is 20.4. The predicted octanol–water partition coefficient (Wildman–Crippen LogP) is -0.298. The van der Waals surface area contributed by atoms with E-state index in [-0.39, 0.29) is 49.0 Å². The summed E-state index contributed by atoms with van der Waals surface area (Å²) < 4.78 is 0. The van der Waals surface area contributed by atoms with Crippen LogP contribution in [-0.2, 0) is 20.9 Å². The molecule has 3 N–H and O–H groups in total. The van der Waals surface area contributed by atoms with E-state index in [0.29, 0.717) is 5.56 Å². The quantitative estimate of drug-likeness (QED) is 0.577. The highest BCUT2D eigenvalue weighted by Crippen LogP contribution is 2.29. The first-order chi connectivity index (χ1) is 13.3. The highest BCUT2D eigenvalue weighted by Gasteiger charge is 2.45. The third kappa shape index (κ3) is 3.79. The lowest BCUT2D eigenvalue weighted by Gasteiger charge is -2.27. The van der Waals surface area contributed by atoms with Crippen molar-refractivity contribution in [2.75, 3.05) is 6.54 Å². The number of nitrogens with one attached hydrogen (secondary N) is 3. The van der Waals surface area contributed by atoms with Crippen molar-refractivity contribution >= 4 is 29.5 Å². The number of hydrogen-bond acceptors (Lipinski definition) is 6. The molecule has 9 nitrogen and oxygen atoms in total. The summed E-state index contributed by atoms with van der Waals surface area (Å²) in [6.07, 6.45) is 0.165. The van der Waals surface area contributed by atoms with E-state index in [1.807, 2.05) is 13.8 Å². The van der Waals surface area contributed by atoms with Crippen molar-refractivity contribution in [2.24, 2.45) is 0 Å². The van der Waals surface area contributed by atoms with Crippen LogP contribution >= 0.6 is 0 Å². The zero-order valence-electron chi connectivity index (χ0n) is 15.7. The average molecular weight is 386 g/mol. The van der Waals surface area contributed by atoms with Crippen molar-refractivity contribution in [2.45, 2.75) is 45.3 Å². The molecule has 2 heterocycles. The molecule has 1 saturated heterocycles. The molecule has 3 rings (SSSR count). The minimum atomic E-state index is -1.01. The normalized spacial score (nSPS) is 19.1. The van der Waals surface area contributed by atoms with Crippen LogP contribution in [0.3, 0.4) is 0 Å². The number of benzene rings is 1. The van der Waals surface area contributed by atoms with Crippen molar-refractivity contribution in [3.8, 4) is 0 Å². The first kappa shape index (κ1) is 19.7. The van der Waals surface area contributed by atoms with E-state index >= 15 is 0 Å². The molecule has 148 valence electrons. The lowest BCUT2D eigenvalue weighted by Crippen LogP contribution is -2.54. The van der Waals surface area contributed by atoms with Crippen LogP contribution in [0.5, 0.6) is 0 Å². The van der Waals surface area contributed by atoms with Gasteiger partial charge in [-0.1, -0.05) is 26.0 Å². The van der Waals surface area contributed by atoms with Gasteiger partial charge in [-0.15, -0.1) is 0 Å². The van der Waals surface area contributed by atoms with Gasteiger partial charge in [-0.05, 0) is 18.1 Å². The number of imide groups is 2. The van der Waals surface area contributed by atoms with Gasteiger partial charge in [0, 0.05) is 19.0 Å². The van der Waals surface area contributed by atoms with Crippen LogP contribution in [0.2, 0.25) is 0 Å². The summed E-state index contributed by atoms with van der Waals surface area (Å²) in [7, 11) is 0. The van der Waals surface area contributed by atoms with Crippen LogP contribution in [0, 0.1) is 0 Å². The molecule has 0 saturated carbocycles. The molecule has 28 heavy (non-hydrogen) atoms. The third-order valence-electron chi connectivity index (χ3n) is 4.70. The second-order valence-electron chi connectivity index (χ2n) is 7.10. The van der Waals surface area contributed by atoms with Gasteiger partial charge < -0.3 is 10.6 Å². The van der Waals surface area contributed by atoms with Crippen LogP contribution in [-0.4, -0.2) is 53.1 Å². The van der Waals surface area contributed by atoms with Gasteiger partial charge in [-0.3, -0.25) is 34.2 Å². The number of carbonyl (C=O) groups is 5. The molecule has 0 bridgehead atoms. The van der Waals surface area contributed by atoms with E-state index < -0.39 is 29.7 Å². The zero-order valence-corrected chi connectivity index (χ0v) is 15.7. The fourth-order valence-corrected chi connectivity index (χ4v) is 3.29. The fraction of sp³-hybridized carbons (Fsp3) is 0.421. The number of amides is 5. The van der Waals surface area contributed by atoms with E-state index in [9.17, 15) is 24.0 Å². The minimum Gasteiger partial charge on any atom is -0.351 e. The number of carbonyl (C=O) groups excluding carboxylic acids is 5. The lowest BCUT2D eigenvalue weighted by molar-refractivity contribution is -0.136. The third-order valence-corrected chi connectivity index (χ3v) is 4.70. The van der Waals surface area contributed by atoms with Crippen LogP contribution in [0.25, 0.3) is 0 Å². The second-order valence-corrected chi connectivity index (χ2v) is 7.10. The van der Waals surface area contributed by atoms with Crippen LogP contribution in [0.15, 0.2) is 18.2 Å². The highest BCUT2D eigenvalue weighted by atomic mass is 16.2. The summed E-state index contributed by atoms with van der Waals surface area (Å²) >= 11 is 0. The molecule has 1 fully saturated rings. The van der Waals surface area contributed by atoms with Crippen molar-refractivity contribution in [1.82, 2.24) is 20.9 Å². The van der Waals surface area contributed by atoms with Crippen LogP contribution in [0.4, 0.5) is 0 Å². The molecule has 1 atom stereocenters. The molecule has 0 aliphatic carbocycles. The van der Waals surface area contributed by atoms with Gasteiger partial charge in [0.25, 0.3) is 11.8 Å². The Balaban J connectivity index is 1.77. The lowest BCUT2D eigenvalue weighted by atomic mass is 10.0. The van der Waals surface area contributed by atoms with Gasteiger partial charge in [0.15, 0.2) is 0 Å². The largest absolute Gasteiger partial charge is 0.351 e. The van der Waals surface area contributed by atoms with Crippen molar-refractivity contribution in [3.05, 3.63) is 34.9 Å². The molecule has 1 unspecified atom stereocenters. The molecule has 0 aromatic heterocycles. The highest BCUT2D eigenvalue weighted by molar-refractivity contribution is 6.24. The van der Waals surface area contributed by atoms with E-state index in [2.05, 4.69) is 16.0 Å². The second kappa shape index (κ2) is 7.89. The summed E-state index contributed by atoms with van der Waals surface area (Å²) in [5.74, 6) is -2.45. The first-order valence-corrected chi connectivity index (χ1v) is 9.13. The van der Waals surface area contributed by atoms with Gasteiger partial charge in [-0.2, -0.15) is 0 Å². The minimum absolute atomic E-state index is 0.0651. The van der Waals surface area contributed by atoms with Crippen molar-refractivity contribution < 1.29 is 24.0 Å². The predicted molar refractivity (Wildman–Crippen MR) is 98.1 cm³/mol. The Hall–Kier alpha value is -3.07. The standard InChI is InChI=1S/C19H22N4O5/c1-10(2)20-9-15(25)21-8-11-4-3-5-12-16(11)19(28)23(18(12)27)13-6-7-14(24)22-17(13)26/h3-5,10,13,20H,6-9H2,1-2H3,(H,21,25)(H,22,24,26). The Morgan fingerprint density at radius 3 is 2.64 bits per heavy atom. The molecule has 1 aromatic carbocycles. The molecule has 0 spiro atoms. The fourth-order valence-electron chi connectivity index (χ4n) is 3.29. The monoisotopic (exact) mass is 386 g/mol. The maximum atomic E-state index is 12.9. The van der Waals surface area contributed by atoms with Crippen molar-refractivity contribution in [3.63, 3.8) is 0 Å². The molecule has 0 radical (unpaired) electrons. The van der Waals surface area contributed by atoms with Gasteiger partial charge in [0.05, 0.1) is 17.7 Å². The Morgan fingerprint density at radius 1 is 1.21 bits per heavy atom. The average Bonchev–Trinajstić information content (AvgIpc) is 2.90. The molecular formula is C19H22N4O5. The van der Waals surface area contributed by atoms with Gasteiger partial charge in [-0.25, -0.2) is 0 Å². The molecule has 9 heteroatoms. The summed E-state index contributed by atoms with van der Waals surface area (Å²) in [6.45, 7) is 4.07. The smallest absolute Gasteiger partial charge is 0.262 e. The molecule has 2 aliphatic heterocycles. The first-order valence-electron chi connectivity index (χ1n) is 9.13. The number of nitrogens with zero attached hydrogens (tertiary/aromatic N) is 1. The summed E-state index contributed by atoms with van der Waals surface area (Å²) in [5, 5.41) is 7.88. The molecule has 1 aromatic rings. The van der Waals surface area contributed by atoms with Crippen LogP contribution < -0.4 is 16.0 Å². The number of piperidine rings is 1. The Morgan fingerprint density at radius 2 is 1.96 bits per heavy atom. The maximum absolute atomic E-state index is 12.9. The Kier molecular flexibility index (Phi) is 5.55. The summed E-state index contributed by atoms with van der Waals surface area (Å²) in [6, 6.07) is 3.96. The van der Waals surface area contributed by atoms with Gasteiger partial charge >= 0.3 is 0 Å². The van der Waals surface area contributed by atoms with E-state index in [1.165, 1.54) is 6.07 Å². The maximum Gasteiger partial charge on any atom is 0.262 e. The molecular weight excluding hydrogens is 364 g/mol. The van der Waals surface area contributed by atoms with Crippen molar-refractivity contribution in [1.29, 1.82) is 0 Å². The Bertz CT molecular complexity index is 864. The number of rotatable bonds is 6. The van der Waals surface area contributed by atoms with E-state index in [1.54, 1.807) is 12.1 Å². The number of hydrogen-bond donors (Lipinski definition) is 3. The number of fused-ring (bicyclic) bond motifs is 1. The molecule has 2 aliphatic rings. The van der Waals surface area contributed by atoms with E-state index in [4.69, 9.17) is 0 Å². The Labute approximate surface area is 161 Å². The summed E-state index contributed by atoms with van der Waals surface area (Å²) in [5.41, 5.74) is 0.889. The molecule has 5 amide bonds. The van der Waals surface area contributed by atoms with E-state index in [0.717, 1.165) is 4.90 Å². The van der Waals surface area contributed by atoms with Crippen LogP contribution in [0.1, 0.15) is 53.0 Å². The summed E-state index contributed by atoms with van der Waals surface area (Å²) in [4.78, 5) is 62.0. The van der Waals surface area contributed by atoms with Gasteiger partial charge in [0.1, 0.15) is 6.04 Å². The van der Waals surface area contributed by atoms with Gasteiger partial charge in [0.2, 0.25) is 17.7 Å².